The molecule has 1 atom stereocenters. The van der Waals surface area contributed by atoms with Gasteiger partial charge in [-0.15, -0.1) is 0 Å². The first-order valence-electron chi connectivity index (χ1n) is 10.3. The highest BCUT2D eigenvalue weighted by Crippen LogP contribution is 2.31. The number of amides is 3. The van der Waals surface area contributed by atoms with Crippen molar-refractivity contribution in [2.75, 3.05) is 26.9 Å². The van der Waals surface area contributed by atoms with Crippen LogP contribution in [0.2, 0.25) is 5.02 Å². The summed E-state index contributed by atoms with van der Waals surface area (Å²) in [6.45, 7) is 9.33. The van der Waals surface area contributed by atoms with Crippen LogP contribution < -0.4 is 10.1 Å². The quantitative estimate of drug-likeness (QED) is 0.645. The van der Waals surface area contributed by atoms with Crippen LogP contribution >= 0.6 is 11.6 Å². The molecular weight excluding hydrogens is 414 g/mol. The number of nitrogens with zero attached hydrogens (tertiary/aromatic N) is 2. The van der Waals surface area contributed by atoms with Crippen LogP contribution in [0.4, 0.5) is 4.79 Å². The maximum Gasteiger partial charge on any atom is 0.326 e. The minimum absolute atomic E-state index is 0.0190. The van der Waals surface area contributed by atoms with E-state index in [1.165, 1.54) is 10.5 Å². The van der Waals surface area contributed by atoms with Crippen molar-refractivity contribution in [2.45, 2.75) is 38.6 Å². The number of hydrogen-bond acceptors (Lipinski definition) is 4. The largest absolute Gasteiger partial charge is 0.492 e. The van der Waals surface area contributed by atoms with E-state index in [9.17, 15) is 9.59 Å². The zero-order chi connectivity index (χ0) is 22.8. The molecule has 0 aliphatic carbocycles. The third kappa shape index (κ3) is 5.20. The lowest BCUT2D eigenvalue weighted by atomic mass is 9.84. The molecule has 1 aliphatic heterocycles. The first-order chi connectivity index (χ1) is 14.5. The molecule has 3 rings (SSSR count). The topological polar surface area (TPSA) is 61.9 Å². The molecule has 1 fully saturated rings. The van der Waals surface area contributed by atoms with Crippen LogP contribution in [0.25, 0.3) is 0 Å². The predicted molar refractivity (Wildman–Crippen MR) is 122 cm³/mol. The average Bonchev–Trinajstić information content (AvgIpc) is 2.93. The molecule has 1 saturated heterocycles. The zero-order valence-corrected chi connectivity index (χ0v) is 19.5. The summed E-state index contributed by atoms with van der Waals surface area (Å²) >= 11 is 5.87. The summed E-state index contributed by atoms with van der Waals surface area (Å²) in [5.41, 5.74) is 0.892. The Kier molecular flexibility index (Phi) is 6.62. The minimum Gasteiger partial charge on any atom is -0.492 e. The van der Waals surface area contributed by atoms with E-state index in [1.807, 2.05) is 36.2 Å². The maximum absolute atomic E-state index is 13.2. The summed E-state index contributed by atoms with van der Waals surface area (Å²) in [7, 11) is 1.85. The lowest BCUT2D eigenvalue weighted by Gasteiger charge is -2.26. The van der Waals surface area contributed by atoms with Crippen LogP contribution in [0.3, 0.4) is 0 Å². The number of imide groups is 1. The number of benzene rings is 2. The Morgan fingerprint density at radius 1 is 1.06 bits per heavy atom. The second-order valence-electron chi connectivity index (χ2n) is 9.14. The van der Waals surface area contributed by atoms with Gasteiger partial charge >= 0.3 is 6.03 Å². The minimum atomic E-state index is -1.08. The Labute approximate surface area is 189 Å². The van der Waals surface area contributed by atoms with Gasteiger partial charge in [0.1, 0.15) is 17.9 Å². The van der Waals surface area contributed by atoms with Gasteiger partial charge in [-0.3, -0.25) is 9.69 Å². The monoisotopic (exact) mass is 443 g/mol. The van der Waals surface area contributed by atoms with Crippen LogP contribution in [-0.2, 0) is 15.7 Å². The van der Waals surface area contributed by atoms with E-state index in [0.29, 0.717) is 18.2 Å². The lowest BCUT2D eigenvalue weighted by molar-refractivity contribution is -0.132. The first-order valence-corrected chi connectivity index (χ1v) is 10.7. The molecule has 31 heavy (non-hydrogen) atoms. The molecule has 6 nitrogen and oxygen atoms in total. The van der Waals surface area contributed by atoms with Gasteiger partial charge in [0.2, 0.25) is 0 Å². The Hall–Kier alpha value is -2.57. The van der Waals surface area contributed by atoms with Crippen LogP contribution in [0, 0.1) is 0 Å². The van der Waals surface area contributed by atoms with Gasteiger partial charge in [-0.1, -0.05) is 56.6 Å². The van der Waals surface area contributed by atoms with E-state index in [2.05, 4.69) is 26.1 Å². The van der Waals surface area contributed by atoms with E-state index in [0.717, 1.165) is 11.3 Å². The Bertz CT molecular complexity index is 938. The standard InChI is InChI=1S/C24H30ClN3O3/c1-23(2,3)17-6-8-18(9-7-17)24(4)21(29)28(22(30)26-24)16-27(5)14-15-31-20-12-10-19(25)11-13-20/h6-13H,14-16H2,1-5H3,(H,26,30). The molecule has 0 aromatic heterocycles. The van der Waals surface area contributed by atoms with Gasteiger partial charge in [0.05, 0.1) is 6.67 Å². The van der Waals surface area contributed by atoms with Crippen molar-refractivity contribution in [3.63, 3.8) is 0 Å². The molecule has 0 radical (unpaired) electrons. The van der Waals surface area contributed by atoms with E-state index >= 15 is 0 Å². The third-order valence-electron chi connectivity index (χ3n) is 5.54. The number of hydrogen-bond donors (Lipinski definition) is 1. The number of halogens is 1. The molecular formula is C24H30ClN3O3. The molecule has 7 heteroatoms. The van der Waals surface area contributed by atoms with Gasteiger partial charge in [0.15, 0.2) is 0 Å². The van der Waals surface area contributed by atoms with Gasteiger partial charge in [-0.2, -0.15) is 0 Å². The second-order valence-corrected chi connectivity index (χ2v) is 9.58. The van der Waals surface area contributed by atoms with Crippen molar-refractivity contribution < 1.29 is 14.3 Å². The van der Waals surface area contributed by atoms with Gasteiger partial charge in [0.25, 0.3) is 5.91 Å². The van der Waals surface area contributed by atoms with Crippen molar-refractivity contribution >= 4 is 23.5 Å². The summed E-state index contributed by atoms with van der Waals surface area (Å²) in [5.74, 6) is 0.463. The average molecular weight is 444 g/mol. The highest BCUT2D eigenvalue weighted by Gasteiger charge is 2.49. The number of urea groups is 1. The maximum atomic E-state index is 13.2. The van der Waals surface area contributed by atoms with E-state index in [4.69, 9.17) is 16.3 Å². The molecule has 1 unspecified atom stereocenters. The SMILES string of the molecule is CN(CCOc1ccc(Cl)cc1)CN1C(=O)NC(C)(c2ccc(C(C)(C)C)cc2)C1=O. The Balaban J connectivity index is 1.60. The molecule has 3 amide bonds. The summed E-state index contributed by atoms with van der Waals surface area (Å²) in [6, 6.07) is 14.6. The molecule has 2 aromatic carbocycles. The zero-order valence-electron chi connectivity index (χ0n) is 18.7. The fourth-order valence-electron chi connectivity index (χ4n) is 3.49. The Morgan fingerprint density at radius 2 is 1.68 bits per heavy atom. The summed E-state index contributed by atoms with van der Waals surface area (Å²) in [4.78, 5) is 28.9. The van der Waals surface area contributed by atoms with Gasteiger partial charge in [-0.05, 0) is 54.8 Å². The van der Waals surface area contributed by atoms with Crippen LogP contribution in [0.1, 0.15) is 38.8 Å². The number of likely N-dealkylation sites (N-methyl/N-ethyl adjacent to an activating group) is 1. The summed E-state index contributed by atoms with van der Waals surface area (Å²) in [5, 5.41) is 3.52. The fourth-order valence-corrected chi connectivity index (χ4v) is 3.61. The van der Waals surface area contributed by atoms with Crippen LogP contribution in [0.5, 0.6) is 5.75 Å². The van der Waals surface area contributed by atoms with Crippen molar-refractivity contribution in [3.05, 3.63) is 64.7 Å². The molecule has 1 N–H and O–H groups in total. The van der Waals surface area contributed by atoms with Gasteiger partial charge in [0, 0.05) is 11.6 Å². The van der Waals surface area contributed by atoms with E-state index < -0.39 is 11.6 Å². The highest BCUT2D eigenvalue weighted by atomic mass is 35.5. The molecule has 1 aliphatic rings. The molecule has 0 spiro atoms. The second kappa shape index (κ2) is 8.89. The predicted octanol–water partition coefficient (Wildman–Crippen LogP) is 4.37. The first kappa shape index (κ1) is 23.1. The van der Waals surface area contributed by atoms with Gasteiger partial charge < -0.3 is 10.1 Å². The number of nitrogens with one attached hydrogen (secondary N) is 1. The highest BCUT2D eigenvalue weighted by molar-refractivity contribution is 6.30. The van der Waals surface area contributed by atoms with Crippen LogP contribution in [-0.4, -0.2) is 48.6 Å². The molecule has 1 heterocycles. The van der Waals surface area contributed by atoms with Crippen LogP contribution in [0.15, 0.2) is 48.5 Å². The molecule has 2 aromatic rings. The number of carbonyl (C=O) groups excluding carboxylic acids is 2. The van der Waals surface area contributed by atoms with Crippen molar-refractivity contribution in [2.24, 2.45) is 0 Å². The number of rotatable bonds is 7. The molecule has 0 saturated carbocycles. The number of ether oxygens (including phenoxy) is 1. The molecule has 166 valence electrons. The third-order valence-corrected chi connectivity index (χ3v) is 5.79. The summed E-state index contributed by atoms with van der Waals surface area (Å²) < 4.78 is 5.69. The van der Waals surface area contributed by atoms with Crippen molar-refractivity contribution in [1.29, 1.82) is 0 Å². The molecule has 0 bridgehead atoms. The van der Waals surface area contributed by atoms with E-state index in [-0.39, 0.29) is 18.0 Å². The summed E-state index contributed by atoms with van der Waals surface area (Å²) in [6.07, 6.45) is 0. The van der Waals surface area contributed by atoms with Gasteiger partial charge in [-0.25, -0.2) is 9.69 Å². The fraction of sp³-hybridized carbons (Fsp3) is 0.417. The lowest BCUT2D eigenvalue weighted by Crippen LogP contribution is -2.43. The Morgan fingerprint density at radius 3 is 2.26 bits per heavy atom. The van der Waals surface area contributed by atoms with Crippen molar-refractivity contribution in [1.82, 2.24) is 15.1 Å². The normalized spacial score (nSPS) is 19.1. The van der Waals surface area contributed by atoms with Crippen molar-refractivity contribution in [3.8, 4) is 5.75 Å². The smallest absolute Gasteiger partial charge is 0.326 e. The van der Waals surface area contributed by atoms with E-state index in [1.54, 1.807) is 31.2 Å². The number of carbonyl (C=O) groups is 2.